The van der Waals surface area contributed by atoms with E-state index in [9.17, 15) is 4.79 Å². The van der Waals surface area contributed by atoms with Gasteiger partial charge in [-0.25, -0.2) is 0 Å². The molecule has 1 nitrogen and oxygen atoms in total. The average Bonchev–Trinajstić information content (AvgIpc) is 2.28. The van der Waals surface area contributed by atoms with E-state index in [0.29, 0.717) is 5.25 Å². The van der Waals surface area contributed by atoms with Crippen molar-refractivity contribution in [3.8, 4) is 0 Å². The Bertz CT molecular complexity index is 382. The van der Waals surface area contributed by atoms with Crippen LogP contribution < -0.4 is 0 Å². The van der Waals surface area contributed by atoms with Crippen molar-refractivity contribution in [3.05, 3.63) is 35.4 Å². The fourth-order valence-corrected chi connectivity index (χ4v) is 2.67. The third-order valence-corrected chi connectivity index (χ3v) is 3.71. The predicted molar refractivity (Wildman–Crippen MR) is 81.3 cm³/mol. The largest absolute Gasteiger partial charge is 0.282 e. The van der Waals surface area contributed by atoms with Crippen molar-refractivity contribution in [2.75, 3.05) is 0 Å². The van der Waals surface area contributed by atoms with Gasteiger partial charge in [-0.2, -0.15) is 0 Å². The second-order valence-electron chi connectivity index (χ2n) is 5.40. The van der Waals surface area contributed by atoms with Gasteiger partial charge in [-0.3, -0.25) is 4.79 Å². The molecule has 0 heterocycles. The molecule has 0 aromatic heterocycles. The lowest BCUT2D eigenvalue weighted by molar-refractivity contribution is 0.108. The van der Waals surface area contributed by atoms with Crippen LogP contribution in [0.15, 0.2) is 24.3 Å². The fraction of sp³-hybridized carbons (Fsp3) is 0.562. The summed E-state index contributed by atoms with van der Waals surface area (Å²) in [5.74, 6) is 0.734. The van der Waals surface area contributed by atoms with Gasteiger partial charge in [0.25, 0.3) is 0 Å². The molecule has 0 atom stereocenters. The Kier molecular flexibility index (Phi) is 6.48. The van der Waals surface area contributed by atoms with Gasteiger partial charge in [-0.05, 0) is 24.3 Å². The number of aryl methyl sites for hydroxylation is 1. The zero-order valence-corrected chi connectivity index (χ0v) is 12.7. The van der Waals surface area contributed by atoms with Crippen LogP contribution in [0.4, 0.5) is 0 Å². The second-order valence-corrected chi connectivity index (χ2v) is 6.95. The molecule has 1 rings (SSSR count). The van der Waals surface area contributed by atoms with Gasteiger partial charge in [0.05, 0.1) is 0 Å². The Hall–Kier alpha value is -0.760. The molecule has 0 saturated carbocycles. The Labute approximate surface area is 115 Å². The molecule has 0 N–H and O–H groups in total. The predicted octanol–water partition coefficient (Wildman–Crippen LogP) is 4.95. The van der Waals surface area contributed by atoms with Crippen LogP contribution in [0.5, 0.6) is 0 Å². The molecular weight excluding hydrogens is 240 g/mol. The van der Waals surface area contributed by atoms with Crippen LogP contribution in [0.25, 0.3) is 0 Å². The normalized spacial score (nSPS) is 11.2. The lowest BCUT2D eigenvalue weighted by atomic mass is 9.99. The van der Waals surface area contributed by atoms with E-state index < -0.39 is 0 Å². The molecule has 0 saturated heterocycles. The van der Waals surface area contributed by atoms with E-state index in [1.165, 1.54) is 23.7 Å². The van der Waals surface area contributed by atoms with E-state index in [1.807, 2.05) is 18.2 Å². The minimum Gasteiger partial charge on any atom is -0.282 e. The topological polar surface area (TPSA) is 17.1 Å². The van der Waals surface area contributed by atoms with Gasteiger partial charge in [-0.15, -0.1) is 0 Å². The molecule has 1 aromatic carbocycles. The van der Waals surface area contributed by atoms with E-state index in [0.717, 1.165) is 24.3 Å². The number of thioether (sulfide) groups is 1. The summed E-state index contributed by atoms with van der Waals surface area (Å²) in [6.45, 7) is 8.60. The standard InChI is InChI=1S/C16H24OS/c1-12(2)8-7-10-14-9-5-6-11-15(14)16(17)18-13(3)4/h5-6,9,11-13H,7-8,10H2,1-4H3. The van der Waals surface area contributed by atoms with Gasteiger partial charge in [-0.1, -0.05) is 70.1 Å². The maximum atomic E-state index is 12.1. The molecule has 0 amide bonds. The summed E-state index contributed by atoms with van der Waals surface area (Å²) in [5.41, 5.74) is 2.11. The average molecular weight is 264 g/mol. The highest BCUT2D eigenvalue weighted by molar-refractivity contribution is 8.14. The summed E-state index contributed by atoms with van der Waals surface area (Å²) < 4.78 is 0. The van der Waals surface area contributed by atoms with Gasteiger partial charge in [0.1, 0.15) is 0 Å². The molecule has 0 bridgehead atoms. The van der Waals surface area contributed by atoms with Crippen LogP contribution in [0.3, 0.4) is 0 Å². The first kappa shape index (κ1) is 15.3. The first-order valence-electron chi connectivity index (χ1n) is 6.79. The van der Waals surface area contributed by atoms with Gasteiger partial charge in [0.15, 0.2) is 0 Å². The Morgan fingerprint density at radius 3 is 2.44 bits per heavy atom. The Morgan fingerprint density at radius 1 is 1.17 bits per heavy atom. The van der Waals surface area contributed by atoms with E-state index in [4.69, 9.17) is 0 Å². The van der Waals surface area contributed by atoms with Gasteiger partial charge in [0, 0.05) is 10.8 Å². The molecule has 0 aliphatic carbocycles. The van der Waals surface area contributed by atoms with Crippen LogP contribution in [0, 0.1) is 5.92 Å². The highest BCUT2D eigenvalue weighted by Gasteiger charge is 2.12. The number of benzene rings is 1. The van der Waals surface area contributed by atoms with Crippen LogP contribution in [0.1, 0.15) is 56.5 Å². The van der Waals surface area contributed by atoms with Crippen LogP contribution >= 0.6 is 11.8 Å². The van der Waals surface area contributed by atoms with Crippen LogP contribution in [0.2, 0.25) is 0 Å². The van der Waals surface area contributed by atoms with Gasteiger partial charge >= 0.3 is 0 Å². The zero-order chi connectivity index (χ0) is 13.5. The van der Waals surface area contributed by atoms with E-state index in [1.54, 1.807) is 0 Å². The highest BCUT2D eigenvalue weighted by Crippen LogP contribution is 2.22. The maximum Gasteiger partial charge on any atom is 0.219 e. The summed E-state index contributed by atoms with van der Waals surface area (Å²) in [6, 6.07) is 8.04. The van der Waals surface area contributed by atoms with Gasteiger partial charge < -0.3 is 0 Å². The number of rotatable bonds is 6. The minimum absolute atomic E-state index is 0.213. The summed E-state index contributed by atoms with van der Waals surface area (Å²) >= 11 is 1.42. The molecule has 0 radical (unpaired) electrons. The van der Waals surface area contributed by atoms with Gasteiger partial charge in [0.2, 0.25) is 5.12 Å². The molecule has 0 aliphatic rings. The molecule has 0 unspecified atom stereocenters. The number of hydrogen-bond donors (Lipinski definition) is 0. The first-order chi connectivity index (χ1) is 8.50. The Balaban J connectivity index is 2.70. The molecule has 18 heavy (non-hydrogen) atoms. The fourth-order valence-electron chi connectivity index (χ4n) is 1.92. The Morgan fingerprint density at radius 2 is 1.83 bits per heavy atom. The monoisotopic (exact) mass is 264 g/mol. The molecule has 100 valence electrons. The minimum atomic E-state index is 0.213. The van der Waals surface area contributed by atoms with Crippen molar-refractivity contribution >= 4 is 16.9 Å². The zero-order valence-electron chi connectivity index (χ0n) is 11.9. The molecule has 0 aliphatic heterocycles. The highest BCUT2D eigenvalue weighted by atomic mass is 32.2. The summed E-state index contributed by atoms with van der Waals surface area (Å²) in [5, 5.41) is 0.561. The molecular formula is C16H24OS. The first-order valence-corrected chi connectivity index (χ1v) is 7.67. The third-order valence-electron chi connectivity index (χ3n) is 2.81. The summed E-state index contributed by atoms with van der Waals surface area (Å²) in [7, 11) is 0. The molecule has 0 fully saturated rings. The molecule has 1 aromatic rings. The third kappa shape index (κ3) is 5.26. The quantitative estimate of drug-likeness (QED) is 0.723. The molecule has 0 spiro atoms. The smallest absolute Gasteiger partial charge is 0.219 e. The van der Waals surface area contributed by atoms with Crippen LogP contribution in [-0.2, 0) is 6.42 Å². The molecule has 2 heteroatoms. The van der Waals surface area contributed by atoms with E-state index in [-0.39, 0.29) is 5.12 Å². The summed E-state index contributed by atoms with van der Waals surface area (Å²) in [4.78, 5) is 12.1. The number of carbonyl (C=O) groups excluding carboxylic acids is 1. The van der Waals surface area contributed by atoms with Crippen molar-refractivity contribution in [2.24, 2.45) is 5.92 Å². The van der Waals surface area contributed by atoms with Crippen molar-refractivity contribution in [3.63, 3.8) is 0 Å². The maximum absolute atomic E-state index is 12.1. The SMILES string of the molecule is CC(C)CCCc1ccccc1C(=O)SC(C)C. The van der Waals surface area contributed by atoms with Crippen molar-refractivity contribution < 1.29 is 4.79 Å². The number of carbonyl (C=O) groups is 1. The van der Waals surface area contributed by atoms with Crippen molar-refractivity contribution in [2.45, 2.75) is 52.2 Å². The van der Waals surface area contributed by atoms with Crippen LogP contribution in [-0.4, -0.2) is 10.4 Å². The van der Waals surface area contributed by atoms with E-state index >= 15 is 0 Å². The second kappa shape index (κ2) is 7.63. The number of hydrogen-bond acceptors (Lipinski definition) is 2. The lowest BCUT2D eigenvalue weighted by Gasteiger charge is -2.10. The van der Waals surface area contributed by atoms with E-state index in [2.05, 4.69) is 33.8 Å². The lowest BCUT2D eigenvalue weighted by Crippen LogP contribution is -2.04. The van der Waals surface area contributed by atoms with Crippen molar-refractivity contribution in [1.82, 2.24) is 0 Å². The summed E-state index contributed by atoms with van der Waals surface area (Å²) in [6.07, 6.45) is 3.40. The van der Waals surface area contributed by atoms with Crippen molar-refractivity contribution in [1.29, 1.82) is 0 Å².